The van der Waals surface area contributed by atoms with E-state index >= 15 is 0 Å². The largest absolute Gasteiger partial charge is 0.292 e. The van der Waals surface area contributed by atoms with Gasteiger partial charge in [0.2, 0.25) is 0 Å². The second kappa shape index (κ2) is 9.93. The smallest absolute Gasteiger partial charge is 0.273 e. The molecule has 1 heterocycles. The van der Waals surface area contributed by atoms with Gasteiger partial charge >= 0.3 is 0 Å². The predicted octanol–water partition coefficient (Wildman–Crippen LogP) is 6.51. The van der Waals surface area contributed by atoms with Crippen molar-refractivity contribution >= 4 is 46.7 Å². The summed E-state index contributed by atoms with van der Waals surface area (Å²) in [6, 6.07) is 27.1. The molecule has 4 aromatic carbocycles. The van der Waals surface area contributed by atoms with Crippen molar-refractivity contribution in [3.8, 4) is 0 Å². The molecule has 3 aliphatic carbocycles. The van der Waals surface area contributed by atoms with Gasteiger partial charge in [-0.2, -0.15) is 5.01 Å². The predicted molar refractivity (Wildman–Crippen MR) is 158 cm³/mol. The molecule has 3 amide bonds. The van der Waals surface area contributed by atoms with E-state index < -0.39 is 41.4 Å². The average molecular weight is 595 g/mol. The van der Waals surface area contributed by atoms with Crippen molar-refractivity contribution in [3.05, 3.63) is 140 Å². The van der Waals surface area contributed by atoms with Gasteiger partial charge in [-0.3, -0.25) is 19.2 Å². The van der Waals surface area contributed by atoms with Crippen molar-refractivity contribution < 1.29 is 19.2 Å². The Bertz CT molecular complexity index is 1670. The Balaban J connectivity index is 1.35. The fraction of sp³-hybridized carbons (Fsp3) is 0.176. The summed E-state index contributed by atoms with van der Waals surface area (Å²) in [5.74, 6) is -4.14. The van der Waals surface area contributed by atoms with Crippen LogP contribution in [-0.2, 0) is 9.59 Å². The highest BCUT2D eigenvalue weighted by molar-refractivity contribution is 6.31. The Morgan fingerprint density at radius 2 is 1.02 bits per heavy atom. The summed E-state index contributed by atoms with van der Waals surface area (Å²) in [4.78, 5) is 56.8. The first-order valence-electron chi connectivity index (χ1n) is 13.7. The number of nitrogens with zero attached hydrogens (tertiary/aromatic N) is 2. The highest BCUT2D eigenvalue weighted by Gasteiger charge is 2.63. The van der Waals surface area contributed by atoms with Crippen molar-refractivity contribution in [2.45, 2.75) is 24.8 Å². The Morgan fingerprint density at radius 3 is 1.43 bits per heavy atom. The maximum absolute atomic E-state index is 14.5. The summed E-state index contributed by atoms with van der Waals surface area (Å²) in [7, 11) is 0. The second-order valence-electron chi connectivity index (χ2n) is 11.0. The van der Waals surface area contributed by atoms with Gasteiger partial charge in [0.25, 0.3) is 17.7 Å². The highest BCUT2D eigenvalue weighted by Crippen LogP contribution is 2.61. The van der Waals surface area contributed by atoms with Crippen LogP contribution in [0, 0.1) is 11.8 Å². The van der Waals surface area contributed by atoms with E-state index in [1.165, 1.54) is 19.1 Å². The van der Waals surface area contributed by atoms with Crippen LogP contribution in [-0.4, -0.2) is 39.6 Å². The Kier molecular flexibility index (Phi) is 6.30. The van der Waals surface area contributed by atoms with E-state index in [2.05, 4.69) is 0 Å². The topological polar surface area (TPSA) is 74.8 Å². The standard InChI is InChI=1S/C34H24Cl2N2O4/c1-18(31(39)19-10-14-21(35)15-11-19)37(32(40)20-12-16-22(36)17-13-20)38-33(41)29-27-23-6-2-3-7-24(23)28(30(29)34(38)42)26-9-5-4-8-25(26)27/h2-18,27-30H,1H3/t18-,27?,28?,29-,30+/m1/s1. The lowest BCUT2D eigenvalue weighted by molar-refractivity contribution is -0.156. The zero-order valence-corrected chi connectivity index (χ0v) is 23.9. The van der Waals surface area contributed by atoms with Crippen molar-refractivity contribution in [3.63, 3.8) is 0 Å². The minimum absolute atomic E-state index is 0.195. The Labute approximate surface area is 252 Å². The average Bonchev–Trinajstić information content (AvgIpc) is 3.27. The third-order valence-corrected chi connectivity index (χ3v) is 9.32. The molecule has 8 heteroatoms. The van der Waals surface area contributed by atoms with Crippen LogP contribution in [0.2, 0.25) is 10.0 Å². The van der Waals surface area contributed by atoms with Gasteiger partial charge in [-0.05, 0) is 77.7 Å². The molecule has 0 spiro atoms. The molecule has 6 nitrogen and oxygen atoms in total. The first-order valence-corrected chi connectivity index (χ1v) is 14.5. The number of hydrazine groups is 1. The number of halogens is 2. The van der Waals surface area contributed by atoms with Crippen LogP contribution in [0.1, 0.15) is 61.7 Å². The molecule has 42 heavy (non-hydrogen) atoms. The van der Waals surface area contributed by atoms with E-state index in [1.807, 2.05) is 48.5 Å². The molecule has 3 atom stereocenters. The van der Waals surface area contributed by atoms with Crippen LogP contribution in [0.15, 0.2) is 97.1 Å². The van der Waals surface area contributed by atoms with Crippen molar-refractivity contribution in [1.29, 1.82) is 0 Å². The van der Waals surface area contributed by atoms with Crippen molar-refractivity contribution in [2.75, 3.05) is 0 Å². The van der Waals surface area contributed by atoms with Crippen LogP contribution >= 0.6 is 23.2 Å². The molecular formula is C34H24Cl2N2O4. The third-order valence-electron chi connectivity index (χ3n) is 8.81. The molecule has 208 valence electrons. The zero-order valence-electron chi connectivity index (χ0n) is 22.4. The van der Waals surface area contributed by atoms with Gasteiger partial charge in [0.15, 0.2) is 5.78 Å². The van der Waals surface area contributed by atoms with Crippen LogP contribution < -0.4 is 0 Å². The fourth-order valence-electron chi connectivity index (χ4n) is 7.01. The van der Waals surface area contributed by atoms with E-state index in [-0.39, 0.29) is 17.4 Å². The molecule has 4 aromatic rings. The Hall–Kier alpha value is -4.26. The van der Waals surface area contributed by atoms with E-state index in [1.54, 1.807) is 36.4 Å². The highest BCUT2D eigenvalue weighted by atomic mass is 35.5. The molecule has 0 unspecified atom stereocenters. The molecule has 1 aliphatic heterocycles. The summed E-state index contributed by atoms with van der Waals surface area (Å²) < 4.78 is 0. The number of imide groups is 1. The van der Waals surface area contributed by atoms with Gasteiger partial charge in [-0.25, -0.2) is 5.01 Å². The molecule has 0 N–H and O–H groups in total. The lowest BCUT2D eigenvalue weighted by atomic mass is 9.55. The number of hydrogen-bond acceptors (Lipinski definition) is 4. The summed E-state index contributed by atoms with van der Waals surface area (Å²) in [6.07, 6.45) is 0. The molecule has 1 fully saturated rings. The number of hydrogen-bond donors (Lipinski definition) is 0. The minimum atomic E-state index is -1.18. The number of Topliss-reactive ketones (excluding diaryl/α,β-unsaturated/α-hetero) is 1. The quantitative estimate of drug-likeness (QED) is 0.195. The molecular weight excluding hydrogens is 571 g/mol. The van der Waals surface area contributed by atoms with Gasteiger partial charge in [0.1, 0.15) is 6.04 Å². The van der Waals surface area contributed by atoms with Crippen molar-refractivity contribution in [2.24, 2.45) is 11.8 Å². The third kappa shape index (κ3) is 3.86. The maximum Gasteiger partial charge on any atom is 0.273 e. The maximum atomic E-state index is 14.5. The molecule has 1 saturated heterocycles. The number of benzene rings is 4. The van der Waals surface area contributed by atoms with Crippen LogP contribution in [0.25, 0.3) is 0 Å². The molecule has 2 bridgehead atoms. The van der Waals surface area contributed by atoms with E-state index in [9.17, 15) is 19.2 Å². The van der Waals surface area contributed by atoms with E-state index in [0.717, 1.165) is 32.3 Å². The van der Waals surface area contributed by atoms with Gasteiger partial charge in [-0.15, -0.1) is 0 Å². The van der Waals surface area contributed by atoms with Gasteiger partial charge in [0, 0.05) is 33.0 Å². The lowest BCUT2D eigenvalue weighted by Gasteiger charge is -2.45. The first kappa shape index (κ1) is 26.6. The van der Waals surface area contributed by atoms with E-state index in [4.69, 9.17) is 23.2 Å². The molecule has 0 radical (unpaired) electrons. The monoisotopic (exact) mass is 594 g/mol. The number of amides is 3. The molecule has 4 aliphatic rings. The fourth-order valence-corrected chi connectivity index (χ4v) is 7.26. The minimum Gasteiger partial charge on any atom is -0.292 e. The Morgan fingerprint density at radius 1 is 0.643 bits per heavy atom. The normalized spacial score (nSPS) is 22.3. The number of rotatable bonds is 5. The van der Waals surface area contributed by atoms with Crippen LogP contribution in [0.5, 0.6) is 0 Å². The summed E-state index contributed by atoms with van der Waals surface area (Å²) in [5, 5.41) is 2.87. The number of carbonyl (C=O) groups excluding carboxylic acids is 4. The lowest BCUT2D eigenvalue weighted by Crippen LogP contribution is -2.56. The number of ketones is 1. The van der Waals surface area contributed by atoms with Crippen LogP contribution in [0.4, 0.5) is 0 Å². The van der Waals surface area contributed by atoms with Crippen LogP contribution in [0.3, 0.4) is 0 Å². The van der Waals surface area contributed by atoms with Gasteiger partial charge in [0.05, 0.1) is 11.8 Å². The van der Waals surface area contributed by atoms with Gasteiger partial charge < -0.3 is 0 Å². The molecule has 0 saturated carbocycles. The second-order valence-corrected chi connectivity index (χ2v) is 11.8. The SMILES string of the molecule is C[C@H](C(=O)c1ccc(Cl)cc1)N(C(=O)c1ccc(Cl)cc1)N1C(=O)[C@@H]2C3c4ccccc4C(c4ccccc43)[C@@H]2C1=O. The van der Waals surface area contributed by atoms with Crippen molar-refractivity contribution in [1.82, 2.24) is 10.0 Å². The van der Waals surface area contributed by atoms with Gasteiger partial charge in [-0.1, -0.05) is 71.7 Å². The summed E-state index contributed by atoms with van der Waals surface area (Å²) in [6.45, 7) is 1.53. The zero-order chi connectivity index (χ0) is 29.3. The first-order chi connectivity index (χ1) is 20.3. The summed E-state index contributed by atoms with van der Waals surface area (Å²) in [5.41, 5.74) is 4.58. The molecule has 8 rings (SSSR count). The number of carbonyl (C=O) groups is 4. The van der Waals surface area contributed by atoms with E-state index in [0.29, 0.717) is 15.6 Å². The summed E-state index contributed by atoms with van der Waals surface area (Å²) >= 11 is 12.1. The molecule has 0 aromatic heterocycles.